The van der Waals surface area contributed by atoms with Crippen molar-refractivity contribution in [1.29, 1.82) is 0 Å². The topological polar surface area (TPSA) is 55.4 Å². The van der Waals surface area contributed by atoms with E-state index in [0.717, 1.165) is 6.07 Å². The molecule has 1 aromatic carbocycles. The highest BCUT2D eigenvalue weighted by molar-refractivity contribution is 7.89. The van der Waals surface area contributed by atoms with Crippen LogP contribution in [0.4, 0.5) is 4.39 Å². The Balaban J connectivity index is 2.31. The molecule has 18 heavy (non-hydrogen) atoms. The molecular formula is C12H16FNO3S. The van der Waals surface area contributed by atoms with Crippen molar-refractivity contribution < 1.29 is 17.5 Å². The van der Waals surface area contributed by atoms with E-state index in [1.807, 2.05) is 0 Å². The van der Waals surface area contributed by atoms with Crippen molar-refractivity contribution in [3.05, 3.63) is 30.1 Å². The molecule has 6 heteroatoms. The standard InChI is InChI=1S/C12H16FNO3S/c1-9-12(2,7-8-17-9)14-18(15,16)11-6-4-3-5-10(11)13/h3-6,9,14H,7-8H2,1-2H3. The second-order valence-electron chi connectivity index (χ2n) is 4.72. The minimum atomic E-state index is -3.87. The van der Waals surface area contributed by atoms with E-state index in [-0.39, 0.29) is 11.0 Å². The Kier molecular flexibility index (Phi) is 3.44. The van der Waals surface area contributed by atoms with Crippen LogP contribution in [0.3, 0.4) is 0 Å². The lowest BCUT2D eigenvalue weighted by molar-refractivity contribution is 0.0957. The zero-order chi connectivity index (χ0) is 13.4. The highest BCUT2D eigenvalue weighted by atomic mass is 32.2. The average Bonchev–Trinajstić information content (AvgIpc) is 2.58. The molecule has 0 amide bonds. The molecule has 1 aromatic rings. The molecule has 0 spiro atoms. The summed E-state index contributed by atoms with van der Waals surface area (Å²) in [5.41, 5.74) is -0.693. The largest absolute Gasteiger partial charge is 0.376 e. The third-order valence-corrected chi connectivity index (χ3v) is 5.03. The van der Waals surface area contributed by atoms with Gasteiger partial charge in [0, 0.05) is 6.61 Å². The van der Waals surface area contributed by atoms with E-state index in [4.69, 9.17) is 4.74 Å². The first kappa shape index (κ1) is 13.5. The van der Waals surface area contributed by atoms with Crippen molar-refractivity contribution in [3.8, 4) is 0 Å². The molecule has 2 atom stereocenters. The third kappa shape index (κ3) is 2.41. The summed E-state index contributed by atoms with van der Waals surface area (Å²) >= 11 is 0. The second kappa shape index (κ2) is 4.60. The maximum atomic E-state index is 13.5. The number of sulfonamides is 1. The van der Waals surface area contributed by atoms with E-state index in [1.165, 1.54) is 18.2 Å². The van der Waals surface area contributed by atoms with E-state index >= 15 is 0 Å². The molecule has 2 unspecified atom stereocenters. The summed E-state index contributed by atoms with van der Waals surface area (Å²) in [6, 6.07) is 5.33. The lowest BCUT2D eigenvalue weighted by atomic mass is 9.97. The Hall–Kier alpha value is -0.980. The first-order valence-corrected chi connectivity index (χ1v) is 7.24. The lowest BCUT2D eigenvalue weighted by Gasteiger charge is -2.28. The van der Waals surface area contributed by atoms with Crippen LogP contribution in [0, 0.1) is 5.82 Å². The van der Waals surface area contributed by atoms with E-state index in [0.29, 0.717) is 13.0 Å². The van der Waals surface area contributed by atoms with Gasteiger partial charge in [-0.15, -0.1) is 0 Å². The van der Waals surface area contributed by atoms with Gasteiger partial charge < -0.3 is 4.74 Å². The number of rotatable bonds is 3. The molecule has 1 N–H and O–H groups in total. The van der Waals surface area contributed by atoms with E-state index < -0.39 is 21.4 Å². The summed E-state index contributed by atoms with van der Waals surface area (Å²) in [6.45, 7) is 4.07. The summed E-state index contributed by atoms with van der Waals surface area (Å²) in [7, 11) is -3.87. The van der Waals surface area contributed by atoms with Crippen molar-refractivity contribution >= 4 is 10.0 Å². The minimum Gasteiger partial charge on any atom is -0.376 e. The maximum Gasteiger partial charge on any atom is 0.244 e. The SMILES string of the molecule is CC1OCCC1(C)NS(=O)(=O)c1ccccc1F. The zero-order valence-electron chi connectivity index (χ0n) is 10.3. The number of ether oxygens (including phenoxy) is 1. The number of benzene rings is 1. The molecule has 1 saturated heterocycles. The molecule has 0 saturated carbocycles. The Labute approximate surface area is 106 Å². The van der Waals surface area contributed by atoms with Crippen LogP contribution in [-0.4, -0.2) is 26.7 Å². The van der Waals surface area contributed by atoms with Gasteiger partial charge in [-0.1, -0.05) is 12.1 Å². The van der Waals surface area contributed by atoms with Gasteiger partial charge in [0.2, 0.25) is 10.0 Å². The average molecular weight is 273 g/mol. The molecule has 2 rings (SSSR count). The Morgan fingerprint density at radius 1 is 1.44 bits per heavy atom. The van der Waals surface area contributed by atoms with Gasteiger partial charge >= 0.3 is 0 Å². The van der Waals surface area contributed by atoms with Crippen LogP contribution in [0.25, 0.3) is 0 Å². The number of hydrogen-bond donors (Lipinski definition) is 1. The summed E-state index contributed by atoms with van der Waals surface area (Å²) < 4.78 is 45.7. The molecule has 1 aliphatic rings. The molecule has 0 aliphatic carbocycles. The van der Waals surface area contributed by atoms with Gasteiger partial charge in [-0.05, 0) is 32.4 Å². The van der Waals surface area contributed by atoms with E-state index in [2.05, 4.69) is 4.72 Å². The molecule has 1 aliphatic heterocycles. The van der Waals surface area contributed by atoms with E-state index in [1.54, 1.807) is 13.8 Å². The second-order valence-corrected chi connectivity index (χ2v) is 6.37. The monoisotopic (exact) mass is 273 g/mol. The van der Waals surface area contributed by atoms with Gasteiger partial charge in [-0.25, -0.2) is 17.5 Å². The quantitative estimate of drug-likeness (QED) is 0.911. The van der Waals surface area contributed by atoms with Crippen LogP contribution in [-0.2, 0) is 14.8 Å². The van der Waals surface area contributed by atoms with Crippen molar-refractivity contribution in [2.45, 2.75) is 36.8 Å². The maximum absolute atomic E-state index is 13.5. The predicted molar refractivity (Wildman–Crippen MR) is 65.2 cm³/mol. The summed E-state index contributed by atoms with van der Waals surface area (Å²) in [6.07, 6.45) is 0.334. The van der Waals surface area contributed by atoms with Crippen LogP contribution >= 0.6 is 0 Å². The summed E-state index contributed by atoms with van der Waals surface area (Å²) in [4.78, 5) is -0.328. The van der Waals surface area contributed by atoms with Gasteiger partial charge in [-0.2, -0.15) is 0 Å². The minimum absolute atomic E-state index is 0.237. The van der Waals surface area contributed by atoms with Gasteiger partial charge in [0.1, 0.15) is 10.7 Å². The van der Waals surface area contributed by atoms with Crippen LogP contribution < -0.4 is 4.72 Å². The first-order valence-electron chi connectivity index (χ1n) is 5.75. The fourth-order valence-electron chi connectivity index (χ4n) is 1.99. The summed E-state index contributed by atoms with van der Waals surface area (Å²) in [5.74, 6) is -0.750. The van der Waals surface area contributed by atoms with Crippen LogP contribution in [0.15, 0.2) is 29.2 Å². The molecule has 0 radical (unpaired) electrons. The Morgan fingerprint density at radius 3 is 2.67 bits per heavy atom. The van der Waals surface area contributed by atoms with E-state index in [9.17, 15) is 12.8 Å². The molecular weight excluding hydrogens is 257 g/mol. The normalized spacial score (nSPS) is 28.5. The van der Waals surface area contributed by atoms with Crippen LogP contribution in [0.5, 0.6) is 0 Å². The highest BCUT2D eigenvalue weighted by Crippen LogP contribution is 2.27. The van der Waals surface area contributed by atoms with Crippen molar-refractivity contribution in [2.24, 2.45) is 0 Å². The number of halogens is 1. The number of hydrogen-bond acceptors (Lipinski definition) is 3. The van der Waals surface area contributed by atoms with Gasteiger partial charge in [0.15, 0.2) is 0 Å². The number of nitrogens with one attached hydrogen (secondary N) is 1. The third-order valence-electron chi connectivity index (χ3n) is 3.38. The first-order chi connectivity index (χ1) is 8.35. The molecule has 1 heterocycles. The van der Waals surface area contributed by atoms with Gasteiger partial charge in [0.05, 0.1) is 11.6 Å². The van der Waals surface area contributed by atoms with Gasteiger partial charge in [-0.3, -0.25) is 0 Å². The molecule has 0 bridgehead atoms. The van der Waals surface area contributed by atoms with Crippen molar-refractivity contribution in [2.75, 3.05) is 6.61 Å². The molecule has 100 valence electrons. The smallest absolute Gasteiger partial charge is 0.244 e. The fraction of sp³-hybridized carbons (Fsp3) is 0.500. The zero-order valence-corrected chi connectivity index (χ0v) is 11.1. The van der Waals surface area contributed by atoms with Crippen molar-refractivity contribution in [3.63, 3.8) is 0 Å². The predicted octanol–water partition coefficient (Wildman–Crippen LogP) is 1.67. The van der Waals surface area contributed by atoms with Crippen LogP contribution in [0.1, 0.15) is 20.3 Å². The fourth-order valence-corrected chi connectivity index (χ4v) is 3.57. The van der Waals surface area contributed by atoms with Crippen molar-refractivity contribution in [1.82, 2.24) is 4.72 Å². The summed E-state index contributed by atoms with van der Waals surface area (Å²) in [5, 5.41) is 0. The van der Waals surface area contributed by atoms with Gasteiger partial charge in [0.25, 0.3) is 0 Å². The van der Waals surface area contributed by atoms with Crippen LogP contribution in [0.2, 0.25) is 0 Å². The molecule has 4 nitrogen and oxygen atoms in total. The Bertz CT molecular complexity index is 546. The molecule has 1 fully saturated rings. The Morgan fingerprint density at radius 2 is 2.11 bits per heavy atom. The molecule has 0 aromatic heterocycles. The lowest BCUT2D eigenvalue weighted by Crippen LogP contribution is -2.50. The highest BCUT2D eigenvalue weighted by Gasteiger charge is 2.41.